The number of fused-ring (bicyclic) bond motifs is 1. The number of rotatable bonds is 3. The van der Waals surface area contributed by atoms with Crippen LogP contribution in [0.5, 0.6) is 0 Å². The van der Waals surface area contributed by atoms with E-state index in [1.165, 1.54) is 15.9 Å². The Labute approximate surface area is 106 Å². The highest BCUT2D eigenvalue weighted by Crippen LogP contribution is 2.28. The first-order chi connectivity index (χ1) is 8.72. The van der Waals surface area contributed by atoms with Crippen molar-refractivity contribution in [1.29, 1.82) is 0 Å². The first kappa shape index (κ1) is 11.3. The molecule has 0 fully saturated rings. The molecule has 3 rings (SSSR count). The summed E-state index contributed by atoms with van der Waals surface area (Å²) in [6.07, 6.45) is 2.84. The molecule has 1 atom stereocenters. The summed E-state index contributed by atoms with van der Waals surface area (Å²) in [5, 5.41) is 12.0. The summed E-state index contributed by atoms with van der Waals surface area (Å²) in [6, 6.07) is 8.68. The molecule has 0 bridgehead atoms. The van der Waals surface area contributed by atoms with Crippen molar-refractivity contribution in [3.05, 3.63) is 41.2 Å². The van der Waals surface area contributed by atoms with E-state index in [4.69, 9.17) is 5.73 Å². The van der Waals surface area contributed by atoms with E-state index in [0.29, 0.717) is 12.3 Å². The van der Waals surface area contributed by atoms with Crippen LogP contribution in [0.4, 0.5) is 0 Å². The van der Waals surface area contributed by atoms with Crippen molar-refractivity contribution in [1.82, 2.24) is 20.2 Å². The van der Waals surface area contributed by atoms with Crippen LogP contribution in [-0.2, 0) is 26.3 Å². The fraction of sp³-hybridized carbons (Fsp3) is 0.462. The molecule has 0 radical (unpaired) electrons. The zero-order chi connectivity index (χ0) is 12.5. The lowest BCUT2D eigenvalue weighted by molar-refractivity contribution is 0.430. The topological polar surface area (TPSA) is 69.6 Å². The molecule has 18 heavy (non-hydrogen) atoms. The summed E-state index contributed by atoms with van der Waals surface area (Å²) in [5.74, 6) is 1.23. The second kappa shape index (κ2) is 4.49. The minimum Gasteiger partial charge on any atom is -0.327 e. The molecule has 0 saturated heterocycles. The van der Waals surface area contributed by atoms with Crippen LogP contribution in [0.1, 0.15) is 17.0 Å². The summed E-state index contributed by atoms with van der Waals surface area (Å²) < 4.78 is 0. The fourth-order valence-electron chi connectivity index (χ4n) is 2.68. The highest BCUT2D eigenvalue weighted by molar-refractivity contribution is 5.32. The summed E-state index contributed by atoms with van der Waals surface area (Å²) in [5.41, 5.74) is 9.15. The molecule has 1 aromatic heterocycles. The van der Waals surface area contributed by atoms with E-state index >= 15 is 0 Å². The molecule has 1 aliphatic carbocycles. The van der Waals surface area contributed by atoms with Gasteiger partial charge in [0, 0.05) is 12.5 Å². The smallest absolute Gasteiger partial charge is 0.176 e. The predicted octanol–water partition coefficient (Wildman–Crippen LogP) is 0.495. The van der Waals surface area contributed by atoms with Gasteiger partial charge in [-0.2, -0.15) is 4.80 Å². The van der Waals surface area contributed by atoms with Gasteiger partial charge < -0.3 is 5.73 Å². The molecule has 94 valence electrons. The van der Waals surface area contributed by atoms with Crippen LogP contribution in [0.25, 0.3) is 0 Å². The molecular formula is C13H17N5. The molecule has 0 aliphatic heterocycles. The van der Waals surface area contributed by atoms with Gasteiger partial charge in [0.2, 0.25) is 0 Å². The zero-order valence-corrected chi connectivity index (χ0v) is 10.5. The SMILES string of the molecule is Cn1nnc(CC(N)C2Cc3ccccc3C2)n1. The monoisotopic (exact) mass is 243 g/mol. The second-order valence-electron chi connectivity index (χ2n) is 5.00. The molecule has 2 N–H and O–H groups in total. The minimum atomic E-state index is 0.0987. The maximum Gasteiger partial charge on any atom is 0.176 e. The number of aryl methyl sites for hydroxylation is 1. The average molecular weight is 243 g/mol. The molecule has 0 amide bonds. The highest BCUT2D eigenvalue weighted by atomic mass is 15.6. The van der Waals surface area contributed by atoms with E-state index in [1.807, 2.05) is 0 Å². The molecule has 1 heterocycles. The Kier molecular flexibility index (Phi) is 2.83. The van der Waals surface area contributed by atoms with Crippen LogP contribution < -0.4 is 5.73 Å². The number of nitrogens with two attached hydrogens (primary N) is 1. The first-order valence-corrected chi connectivity index (χ1v) is 6.27. The molecule has 5 heteroatoms. The Morgan fingerprint density at radius 1 is 1.33 bits per heavy atom. The van der Waals surface area contributed by atoms with Crippen LogP contribution in [0.3, 0.4) is 0 Å². The summed E-state index contributed by atoms with van der Waals surface area (Å²) in [4.78, 5) is 1.48. The summed E-state index contributed by atoms with van der Waals surface area (Å²) in [6.45, 7) is 0. The zero-order valence-electron chi connectivity index (χ0n) is 10.5. The van der Waals surface area contributed by atoms with Crippen molar-refractivity contribution >= 4 is 0 Å². The van der Waals surface area contributed by atoms with Gasteiger partial charge in [0.1, 0.15) is 0 Å². The summed E-state index contributed by atoms with van der Waals surface area (Å²) in [7, 11) is 1.77. The number of tetrazole rings is 1. The van der Waals surface area contributed by atoms with Crippen molar-refractivity contribution in [2.24, 2.45) is 18.7 Å². The van der Waals surface area contributed by atoms with Gasteiger partial charge in [-0.15, -0.1) is 10.2 Å². The number of aromatic nitrogens is 4. The standard InChI is InChI=1S/C13H17N5/c1-18-16-13(15-17-18)8-12(14)11-6-9-4-2-3-5-10(9)7-11/h2-5,11-12H,6-8,14H2,1H3. The van der Waals surface area contributed by atoms with E-state index in [2.05, 4.69) is 39.7 Å². The van der Waals surface area contributed by atoms with Gasteiger partial charge in [0.05, 0.1) is 7.05 Å². The van der Waals surface area contributed by atoms with Crippen LogP contribution in [0.15, 0.2) is 24.3 Å². The minimum absolute atomic E-state index is 0.0987. The lowest BCUT2D eigenvalue weighted by Gasteiger charge is -2.16. The maximum absolute atomic E-state index is 6.28. The molecule has 0 spiro atoms. The van der Waals surface area contributed by atoms with E-state index in [0.717, 1.165) is 18.7 Å². The Morgan fingerprint density at radius 3 is 2.56 bits per heavy atom. The summed E-state index contributed by atoms with van der Waals surface area (Å²) >= 11 is 0. The van der Waals surface area contributed by atoms with Crippen molar-refractivity contribution in [3.8, 4) is 0 Å². The third kappa shape index (κ3) is 2.13. The van der Waals surface area contributed by atoms with Crippen molar-refractivity contribution < 1.29 is 0 Å². The fourth-order valence-corrected chi connectivity index (χ4v) is 2.68. The van der Waals surface area contributed by atoms with Crippen molar-refractivity contribution in [2.75, 3.05) is 0 Å². The van der Waals surface area contributed by atoms with Gasteiger partial charge in [-0.25, -0.2) is 0 Å². The highest BCUT2D eigenvalue weighted by Gasteiger charge is 2.27. The van der Waals surface area contributed by atoms with Gasteiger partial charge in [-0.1, -0.05) is 24.3 Å². The van der Waals surface area contributed by atoms with Gasteiger partial charge in [-0.05, 0) is 35.1 Å². The van der Waals surface area contributed by atoms with Crippen molar-refractivity contribution in [3.63, 3.8) is 0 Å². The molecule has 2 aromatic rings. The quantitative estimate of drug-likeness (QED) is 0.852. The Bertz CT molecular complexity index is 523. The van der Waals surface area contributed by atoms with Gasteiger partial charge in [0.25, 0.3) is 0 Å². The molecule has 1 aliphatic rings. The largest absolute Gasteiger partial charge is 0.327 e. The van der Waals surface area contributed by atoms with E-state index < -0.39 is 0 Å². The van der Waals surface area contributed by atoms with Gasteiger partial charge in [0.15, 0.2) is 5.82 Å². The molecule has 1 aromatic carbocycles. The van der Waals surface area contributed by atoms with E-state index in [1.54, 1.807) is 7.05 Å². The first-order valence-electron chi connectivity index (χ1n) is 6.27. The normalized spacial score (nSPS) is 16.8. The Balaban J connectivity index is 1.67. The van der Waals surface area contributed by atoms with E-state index in [9.17, 15) is 0 Å². The molecule has 0 saturated carbocycles. The average Bonchev–Trinajstić information content (AvgIpc) is 2.95. The van der Waals surface area contributed by atoms with E-state index in [-0.39, 0.29) is 6.04 Å². The van der Waals surface area contributed by atoms with Crippen LogP contribution >= 0.6 is 0 Å². The number of nitrogens with zero attached hydrogens (tertiary/aromatic N) is 4. The molecule has 1 unspecified atom stereocenters. The molecule has 5 nitrogen and oxygen atoms in total. The van der Waals surface area contributed by atoms with Crippen LogP contribution in [0.2, 0.25) is 0 Å². The number of benzene rings is 1. The number of hydrogen-bond acceptors (Lipinski definition) is 4. The van der Waals surface area contributed by atoms with Gasteiger partial charge in [-0.3, -0.25) is 0 Å². The Hall–Kier alpha value is -1.75. The van der Waals surface area contributed by atoms with Crippen LogP contribution in [-0.4, -0.2) is 26.2 Å². The lowest BCUT2D eigenvalue weighted by atomic mass is 9.94. The lowest BCUT2D eigenvalue weighted by Crippen LogP contribution is -2.33. The maximum atomic E-state index is 6.28. The third-order valence-corrected chi connectivity index (χ3v) is 3.66. The van der Waals surface area contributed by atoms with Gasteiger partial charge >= 0.3 is 0 Å². The molecular weight excluding hydrogens is 226 g/mol. The van der Waals surface area contributed by atoms with Crippen molar-refractivity contribution in [2.45, 2.75) is 25.3 Å². The second-order valence-corrected chi connectivity index (χ2v) is 5.00. The van der Waals surface area contributed by atoms with Crippen LogP contribution in [0, 0.1) is 5.92 Å². The Morgan fingerprint density at radius 2 is 2.00 bits per heavy atom. The number of hydrogen-bond donors (Lipinski definition) is 1. The predicted molar refractivity (Wildman–Crippen MR) is 67.8 cm³/mol. The third-order valence-electron chi connectivity index (χ3n) is 3.66.